The van der Waals surface area contributed by atoms with E-state index in [1.54, 1.807) is 18.9 Å². The smallest absolute Gasteiger partial charge is 0.287 e. The quantitative estimate of drug-likeness (QED) is 0.800. The van der Waals surface area contributed by atoms with Gasteiger partial charge < -0.3 is 4.74 Å². The van der Waals surface area contributed by atoms with Gasteiger partial charge in [0.1, 0.15) is 5.75 Å². The predicted octanol–water partition coefficient (Wildman–Crippen LogP) is 4.50. The third kappa shape index (κ3) is 4.91. The minimum absolute atomic E-state index is 0.0894. The standard InChI is InChI=1S/C17H24N2O2S2/c1-5-22-16(20)19-11-17(2,3)12-23-15(19)18-10-13-8-6-7-9-14(13)21-4/h6-9H,5,10-12H2,1-4H3/b18-15-. The Bertz CT molecular complexity index is 588. The second kappa shape index (κ2) is 8.11. The minimum atomic E-state index is 0.0894. The molecule has 0 bridgehead atoms. The van der Waals surface area contributed by atoms with E-state index in [1.807, 2.05) is 36.1 Å². The average Bonchev–Trinajstić information content (AvgIpc) is 2.53. The van der Waals surface area contributed by atoms with E-state index in [2.05, 4.69) is 13.8 Å². The van der Waals surface area contributed by atoms with Crippen molar-refractivity contribution in [2.45, 2.75) is 27.3 Å². The van der Waals surface area contributed by atoms with Crippen LogP contribution in [0.3, 0.4) is 0 Å². The maximum Gasteiger partial charge on any atom is 0.287 e. The van der Waals surface area contributed by atoms with Gasteiger partial charge in [-0.3, -0.25) is 14.7 Å². The third-order valence-electron chi connectivity index (χ3n) is 3.47. The van der Waals surface area contributed by atoms with Crippen LogP contribution >= 0.6 is 23.5 Å². The summed E-state index contributed by atoms with van der Waals surface area (Å²) in [6.07, 6.45) is 0. The molecule has 0 unspecified atom stereocenters. The summed E-state index contributed by atoms with van der Waals surface area (Å²) in [4.78, 5) is 18.9. The van der Waals surface area contributed by atoms with Gasteiger partial charge >= 0.3 is 0 Å². The SMILES string of the molecule is CCSC(=O)N1CC(C)(C)CS/C1=N\Cc1ccccc1OC. The van der Waals surface area contributed by atoms with Crippen LogP contribution in [-0.2, 0) is 6.54 Å². The largest absolute Gasteiger partial charge is 0.496 e. The Labute approximate surface area is 147 Å². The number of carbonyl (C=O) groups is 1. The highest BCUT2D eigenvalue weighted by atomic mass is 32.2. The van der Waals surface area contributed by atoms with E-state index in [4.69, 9.17) is 9.73 Å². The number of methoxy groups -OCH3 is 1. The van der Waals surface area contributed by atoms with Gasteiger partial charge in [-0.25, -0.2) is 0 Å². The number of benzene rings is 1. The number of nitrogens with zero attached hydrogens (tertiary/aromatic N) is 2. The molecule has 1 aliphatic rings. The summed E-state index contributed by atoms with van der Waals surface area (Å²) < 4.78 is 5.37. The van der Waals surface area contributed by atoms with E-state index in [0.29, 0.717) is 6.54 Å². The summed E-state index contributed by atoms with van der Waals surface area (Å²) in [7, 11) is 1.66. The maximum atomic E-state index is 12.4. The molecule has 6 heteroatoms. The van der Waals surface area contributed by atoms with Gasteiger partial charge in [0.15, 0.2) is 5.17 Å². The van der Waals surface area contributed by atoms with Crippen LogP contribution < -0.4 is 4.74 Å². The Hall–Kier alpha value is -1.14. The first-order valence-electron chi connectivity index (χ1n) is 7.70. The van der Waals surface area contributed by atoms with E-state index in [0.717, 1.165) is 34.5 Å². The molecule has 1 aromatic rings. The zero-order chi connectivity index (χ0) is 16.9. The van der Waals surface area contributed by atoms with Gasteiger partial charge in [0.05, 0.1) is 13.7 Å². The van der Waals surface area contributed by atoms with Crippen molar-refractivity contribution in [2.24, 2.45) is 10.4 Å². The lowest BCUT2D eigenvalue weighted by molar-refractivity contribution is 0.229. The van der Waals surface area contributed by atoms with Crippen LogP contribution in [0, 0.1) is 5.41 Å². The lowest BCUT2D eigenvalue weighted by Gasteiger charge is -2.37. The molecule has 1 aliphatic heterocycles. The molecule has 1 amide bonds. The van der Waals surface area contributed by atoms with Gasteiger partial charge in [-0.1, -0.05) is 62.5 Å². The number of hydrogen-bond donors (Lipinski definition) is 0. The third-order valence-corrected chi connectivity index (χ3v) is 5.76. The fourth-order valence-corrected chi connectivity index (χ4v) is 4.02. The summed E-state index contributed by atoms with van der Waals surface area (Å²) in [5, 5.41) is 0.910. The normalized spacial score (nSPS) is 19.0. The number of para-hydroxylation sites is 1. The first kappa shape index (κ1) is 18.2. The minimum Gasteiger partial charge on any atom is -0.496 e. The Morgan fingerprint density at radius 3 is 2.87 bits per heavy atom. The lowest BCUT2D eigenvalue weighted by atomic mass is 9.96. The predicted molar refractivity (Wildman–Crippen MR) is 101 cm³/mol. The molecule has 0 atom stereocenters. The molecule has 0 aromatic heterocycles. The van der Waals surface area contributed by atoms with Gasteiger partial charge in [-0.05, 0) is 17.2 Å². The van der Waals surface area contributed by atoms with E-state index in [-0.39, 0.29) is 10.7 Å². The van der Waals surface area contributed by atoms with Crippen LogP contribution in [0.15, 0.2) is 29.3 Å². The van der Waals surface area contributed by atoms with Gasteiger partial charge in [0, 0.05) is 17.9 Å². The Balaban J connectivity index is 2.19. The number of aliphatic imine (C=N–C) groups is 1. The van der Waals surface area contributed by atoms with E-state index >= 15 is 0 Å². The van der Waals surface area contributed by atoms with E-state index in [1.165, 1.54) is 11.8 Å². The molecule has 1 aromatic carbocycles. The second-order valence-corrected chi connectivity index (χ2v) is 8.31. The van der Waals surface area contributed by atoms with Crippen molar-refractivity contribution >= 4 is 33.9 Å². The van der Waals surface area contributed by atoms with Gasteiger partial charge in [-0.2, -0.15) is 0 Å². The van der Waals surface area contributed by atoms with Crippen molar-refractivity contribution < 1.29 is 9.53 Å². The Morgan fingerprint density at radius 1 is 1.43 bits per heavy atom. The number of amides is 1. The summed E-state index contributed by atoms with van der Waals surface area (Å²) in [5.74, 6) is 2.58. The fourth-order valence-electron chi connectivity index (χ4n) is 2.34. The first-order valence-corrected chi connectivity index (χ1v) is 9.67. The van der Waals surface area contributed by atoms with Crippen LogP contribution in [0.5, 0.6) is 5.75 Å². The Morgan fingerprint density at radius 2 is 2.17 bits per heavy atom. The number of amidine groups is 1. The summed E-state index contributed by atoms with van der Waals surface area (Å²) in [6.45, 7) is 7.61. The van der Waals surface area contributed by atoms with Crippen LogP contribution in [-0.4, -0.2) is 40.5 Å². The van der Waals surface area contributed by atoms with Crippen molar-refractivity contribution in [1.29, 1.82) is 0 Å². The van der Waals surface area contributed by atoms with Crippen molar-refractivity contribution in [2.75, 3.05) is 25.2 Å². The van der Waals surface area contributed by atoms with E-state index < -0.39 is 0 Å². The molecule has 0 radical (unpaired) electrons. The van der Waals surface area contributed by atoms with E-state index in [9.17, 15) is 4.79 Å². The topological polar surface area (TPSA) is 41.9 Å². The highest BCUT2D eigenvalue weighted by Crippen LogP contribution is 2.33. The van der Waals surface area contributed by atoms with Crippen LogP contribution in [0.4, 0.5) is 4.79 Å². The molecule has 4 nitrogen and oxygen atoms in total. The molecule has 23 heavy (non-hydrogen) atoms. The van der Waals surface area contributed by atoms with Crippen LogP contribution in [0.1, 0.15) is 26.3 Å². The van der Waals surface area contributed by atoms with Crippen LogP contribution in [0.2, 0.25) is 0 Å². The van der Waals surface area contributed by atoms with Crippen molar-refractivity contribution in [3.63, 3.8) is 0 Å². The highest BCUT2D eigenvalue weighted by Gasteiger charge is 2.34. The molecule has 1 saturated heterocycles. The summed E-state index contributed by atoms with van der Waals surface area (Å²) >= 11 is 3.01. The average molecular weight is 353 g/mol. The molecule has 1 heterocycles. The van der Waals surface area contributed by atoms with Gasteiger partial charge in [0.25, 0.3) is 5.24 Å². The fraction of sp³-hybridized carbons (Fsp3) is 0.529. The molecular weight excluding hydrogens is 328 g/mol. The van der Waals surface area contributed by atoms with Crippen molar-refractivity contribution in [3.8, 4) is 5.75 Å². The number of hydrogen-bond acceptors (Lipinski definition) is 5. The van der Waals surface area contributed by atoms with Gasteiger partial charge in [-0.15, -0.1) is 0 Å². The summed E-state index contributed by atoms with van der Waals surface area (Å²) in [5.41, 5.74) is 1.14. The number of ether oxygens (including phenoxy) is 1. The van der Waals surface area contributed by atoms with Crippen molar-refractivity contribution in [3.05, 3.63) is 29.8 Å². The highest BCUT2D eigenvalue weighted by molar-refractivity contribution is 8.15. The zero-order valence-electron chi connectivity index (χ0n) is 14.2. The van der Waals surface area contributed by atoms with Crippen molar-refractivity contribution in [1.82, 2.24) is 4.90 Å². The molecule has 0 saturated carbocycles. The number of carbonyl (C=O) groups excluding carboxylic acids is 1. The maximum absolute atomic E-state index is 12.4. The monoisotopic (exact) mass is 352 g/mol. The van der Waals surface area contributed by atoms with Gasteiger partial charge in [0.2, 0.25) is 0 Å². The second-order valence-electron chi connectivity index (χ2n) is 6.15. The number of thioether (sulfide) groups is 2. The molecule has 2 rings (SSSR count). The molecule has 1 fully saturated rings. The first-order chi connectivity index (χ1) is 11.0. The lowest BCUT2D eigenvalue weighted by Crippen LogP contribution is -2.45. The molecule has 0 N–H and O–H groups in total. The Kier molecular flexibility index (Phi) is 6.41. The molecular formula is C17H24N2O2S2. The zero-order valence-corrected chi connectivity index (χ0v) is 15.8. The molecule has 0 spiro atoms. The molecule has 126 valence electrons. The number of rotatable bonds is 4. The summed E-state index contributed by atoms with van der Waals surface area (Å²) in [6, 6.07) is 7.86. The molecule has 0 aliphatic carbocycles. The van der Waals surface area contributed by atoms with Crippen LogP contribution in [0.25, 0.3) is 0 Å².